The minimum Gasteiger partial charge on any atom is -0.369 e. The summed E-state index contributed by atoms with van der Waals surface area (Å²) in [4.78, 5) is 17.7. The molecule has 20 heavy (non-hydrogen) atoms. The minimum atomic E-state index is -0.227. The number of primary amides is 1. The fourth-order valence-corrected chi connectivity index (χ4v) is 3.36. The molecule has 110 valence electrons. The molecule has 2 aliphatic rings. The largest absolute Gasteiger partial charge is 0.369 e. The summed E-state index contributed by atoms with van der Waals surface area (Å²) in [6.45, 7) is 3.42. The van der Waals surface area contributed by atoms with Crippen molar-refractivity contribution in [3.63, 3.8) is 0 Å². The van der Waals surface area contributed by atoms with Gasteiger partial charge in [0.25, 0.3) is 0 Å². The Morgan fingerprint density at radius 3 is 2.65 bits per heavy atom. The zero-order chi connectivity index (χ0) is 13.9. The van der Waals surface area contributed by atoms with Gasteiger partial charge in [0.15, 0.2) is 0 Å². The van der Waals surface area contributed by atoms with Crippen molar-refractivity contribution in [3.8, 4) is 0 Å². The molecule has 1 amide bonds. The van der Waals surface area contributed by atoms with Gasteiger partial charge < -0.3 is 10.3 Å². The summed E-state index contributed by atoms with van der Waals surface area (Å²) in [5.41, 5.74) is 5.26. The highest BCUT2D eigenvalue weighted by molar-refractivity contribution is 5.75. The van der Waals surface area contributed by atoms with Crippen LogP contribution in [0.3, 0.4) is 0 Å². The lowest BCUT2D eigenvalue weighted by atomic mass is 9.85. The lowest BCUT2D eigenvalue weighted by molar-refractivity contribution is -0.119. The monoisotopic (exact) mass is 276 g/mol. The van der Waals surface area contributed by atoms with E-state index in [0.29, 0.717) is 12.5 Å². The van der Waals surface area contributed by atoms with Crippen LogP contribution in [0.15, 0.2) is 12.4 Å². The highest BCUT2D eigenvalue weighted by Gasteiger charge is 2.26. The number of likely N-dealkylation sites (tertiary alicyclic amines) is 1. The lowest BCUT2D eigenvalue weighted by Crippen LogP contribution is -2.39. The van der Waals surface area contributed by atoms with Crippen molar-refractivity contribution < 1.29 is 4.79 Å². The van der Waals surface area contributed by atoms with Gasteiger partial charge in [0.2, 0.25) is 5.91 Å². The molecule has 5 nitrogen and oxygen atoms in total. The third kappa shape index (κ3) is 3.03. The molecule has 0 bridgehead atoms. The normalized spacial score (nSPS) is 21.8. The number of imidazole rings is 1. The second-order valence-corrected chi connectivity index (χ2v) is 6.25. The van der Waals surface area contributed by atoms with E-state index < -0.39 is 0 Å². The van der Waals surface area contributed by atoms with Crippen molar-refractivity contribution in [1.82, 2.24) is 14.5 Å². The van der Waals surface area contributed by atoms with Crippen molar-refractivity contribution in [1.29, 1.82) is 0 Å². The van der Waals surface area contributed by atoms with E-state index >= 15 is 0 Å². The van der Waals surface area contributed by atoms with Gasteiger partial charge in [-0.1, -0.05) is 6.42 Å². The predicted octanol–water partition coefficient (Wildman–Crippen LogP) is 1.35. The van der Waals surface area contributed by atoms with Crippen LogP contribution >= 0.6 is 0 Å². The zero-order valence-corrected chi connectivity index (χ0v) is 12.0. The van der Waals surface area contributed by atoms with E-state index in [1.165, 1.54) is 25.1 Å². The van der Waals surface area contributed by atoms with Crippen LogP contribution in [0.5, 0.6) is 0 Å². The van der Waals surface area contributed by atoms with Crippen LogP contribution in [0.2, 0.25) is 0 Å². The number of nitrogens with zero attached hydrogens (tertiary/aromatic N) is 3. The Morgan fingerprint density at radius 2 is 2.05 bits per heavy atom. The van der Waals surface area contributed by atoms with E-state index in [1.807, 2.05) is 6.20 Å². The molecule has 0 aromatic carbocycles. The predicted molar refractivity (Wildman–Crippen MR) is 77.2 cm³/mol. The molecule has 0 atom stereocenters. The first kappa shape index (κ1) is 13.6. The van der Waals surface area contributed by atoms with Crippen LogP contribution < -0.4 is 5.73 Å². The molecule has 1 saturated carbocycles. The zero-order valence-electron chi connectivity index (χ0n) is 12.0. The Balaban J connectivity index is 1.57. The molecular weight excluding hydrogens is 252 g/mol. The second kappa shape index (κ2) is 5.95. The number of aromatic nitrogens is 2. The van der Waals surface area contributed by atoms with E-state index in [1.54, 1.807) is 0 Å². The first-order chi connectivity index (χ1) is 9.72. The standard InChI is InChI=1S/C15H24N4O/c16-14(20)11-18-7-4-13(5-8-18)15-17-6-9-19(15)10-12-2-1-3-12/h6,9,12-13H,1-5,7-8,10-11H2,(H2,16,20). The molecule has 0 radical (unpaired) electrons. The number of nitrogens with two attached hydrogens (primary N) is 1. The molecule has 0 unspecified atom stereocenters. The van der Waals surface area contributed by atoms with Gasteiger partial charge in [-0.2, -0.15) is 0 Å². The molecule has 0 spiro atoms. The minimum absolute atomic E-state index is 0.227. The fourth-order valence-electron chi connectivity index (χ4n) is 3.36. The lowest BCUT2D eigenvalue weighted by Gasteiger charge is -2.32. The van der Waals surface area contributed by atoms with Crippen molar-refractivity contribution in [3.05, 3.63) is 18.2 Å². The number of rotatable bonds is 5. The van der Waals surface area contributed by atoms with Gasteiger partial charge in [0.05, 0.1) is 6.54 Å². The number of carbonyl (C=O) groups excluding carboxylic acids is 1. The Labute approximate surface area is 120 Å². The second-order valence-electron chi connectivity index (χ2n) is 6.25. The van der Waals surface area contributed by atoms with E-state index in [2.05, 4.69) is 20.6 Å². The molecule has 1 aliphatic carbocycles. The topological polar surface area (TPSA) is 64.2 Å². The molecule has 5 heteroatoms. The molecule has 3 rings (SSSR count). The van der Waals surface area contributed by atoms with E-state index in [4.69, 9.17) is 5.73 Å². The Bertz CT molecular complexity index is 458. The van der Waals surface area contributed by atoms with E-state index in [9.17, 15) is 4.79 Å². The van der Waals surface area contributed by atoms with Crippen LogP contribution in [-0.2, 0) is 11.3 Å². The molecule has 1 aliphatic heterocycles. The highest BCUT2D eigenvalue weighted by atomic mass is 16.1. The van der Waals surface area contributed by atoms with Gasteiger partial charge >= 0.3 is 0 Å². The Morgan fingerprint density at radius 1 is 1.30 bits per heavy atom. The van der Waals surface area contributed by atoms with Crippen LogP contribution in [-0.4, -0.2) is 40.0 Å². The third-order valence-electron chi connectivity index (χ3n) is 4.76. The number of amides is 1. The summed E-state index contributed by atoms with van der Waals surface area (Å²) >= 11 is 0. The van der Waals surface area contributed by atoms with Gasteiger partial charge in [-0.05, 0) is 44.7 Å². The summed E-state index contributed by atoms with van der Waals surface area (Å²) in [6, 6.07) is 0. The first-order valence-electron chi connectivity index (χ1n) is 7.74. The van der Waals surface area contributed by atoms with Crippen molar-refractivity contribution in [2.24, 2.45) is 11.7 Å². The summed E-state index contributed by atoms with van der Waals surface area (Å²) < 4.78 is 2.36. The molecule has 2 N–H and O–H groups in total. The SMILES string of the molecule is NC(=O)CN1CCC(c2nccn2CC2CCC2)CC1. The van der Waals surface area contributed by atoms with Crippen molar-refractivity contribution in [2.75, 3.05) is 19.6 Å². The number of carbonyl (C=O) groups is 1. The maximum absolute atomic E-state index is 11.0. The average Bonchev–Trinajstić information content (AvgIpc) is 2.82. The molecule has 2 heterocycles. The van der Waals surface area contributed by atoms with Crippen LogP contribution in [0.1, 0.15) is 43.8 Å². The number of piperidine rings is 1. The van der Waals surface area contributed by atoms with Gasteiger partial charge in [-0.3, -0.25) is 9.69 Å². The molecule has 2 fully saturated rings. The molecule has 1 aromatic rings. The Kier molecular flexibility index (Phi) is 4.05. The van der Waals surface area contributed by atoms with Gasteiger partial charge in [0.1, 0.15) is 5.82 Å². The summed E-state index contributed by atoms with van der Waals surface area (Å²) in [7, 11) is 0. The Hall–Kier alpha value is -1.36. The van der Waals surface area contributed by atoms with Gasteiger partial charge in [0, 0.05) is 24.9 Å². The first-order valence-corrected chi connectivity index (χ1v) is 7.74. The molecule has 1 aromatic heterocycles. The van der Waals surface area contributed by atoms with Crippen LogP contribution in [0.25, 0.3) is 0 Å². The molecule has 1 saturated heterocycles. The average molecular weight is 276 g/mol. The molecular formula is C15H24N4O. The van der Waals surface area contributed by atoms with Gasteiger partial charge in [-0.25, -0.2) is 4.98 Å². The summed E-state index contributed by atoms with van der Waals surface area (Å²) in [5.74, 6) is 2.41. The van der Waals surface area contributed by atoms with Crippen molar-refractivity contribution in [2.45, 2.75) is 44.6 Å². The third-order valence-corrected chi connectivity index (χ3v) is 4.76. The maximum Gasteiger partial charge on any atom is 0.231 e. The summed E-state index contributed by atoms with van der Waals surface area (Å²) in [5, 5.41) is 0. The fraction of sp³-hybridized carbons (Fsp3) is 0.733. The maximum atomic E-state index is 11.0. The van der Waals surface area contributed by atoms with Crippen molar-refractivity contribution >= 4 is 5.91 Å². The smallest absolute Gasteiger partial charge is 0.231 e. The quantitative estimate of drug-likeness (QED) is 0.883. The van der Waals surface area contributed by atoms with Crippen LogP contribution in [0.4, 0.5) is 0 Å². The number of hydrogen-bond donors (Lipinski definition) is 1. The summed E-state index contributed by atoms with van der Waals surface area (Å²) in [6.07, 6.45) is 10.3. The van der Waals surface area contributed by atoms with E-state index in [-0.39, 0.29) is 5.91 Å². The number of hydrogen-bond acceptors (Lipinski definition) is 3. The highest BCUT2D eigenvalue weighted by Crippen LogP contribution is 2.31. The van der Waals surface area contributed by atoms with Crippen LogP contribution in [0, 0.1) is 5.92 Å². The van der Waals surface area contributed by atoms with Gasteiger partial charge in [-0.15, -0.1) is 0 Å². The van der Waals surface area contributed by atoms with E-state index in [0.717, 1.165) is 38.4 Å².